The highest BCUT2D eigenvalue weighted by Gasteiger charge is 2.43. The highest BCUT2D eigenvalue weighted by Crippen LogP contribution is 2.47. The van der Waals surface area contributed by atoms with Gasteiger partial charge in [0.05, 0.1) is 11.7 Å². The zero-order valence-corrected chi connectivity index (χ0v) is 10.7. The molecule has 1 saturated heterocycles. The summed E-state index contributed by atoms with van der Waals surface area (Å²) in [6.45, 7) is 5.44. The molecule has 15 heavy (non-hydrogen) atoms. The lowest BCUT2D eigenvalue weighted by molar-refractivity contribution is -0.0775. The molecule has 2 N–H and O–H groups in total. The van der Waals surface area contributed by atoms with Crippen LogP contribution in [0, 0.1) is 5.41 Å². The Morgan fingerprint density at radius 3 is 2.20 bits per heavy atom. The normalized spacial score (nSPS) is 32.6. The van der Waals surface area contributed by atoms with Crippen LogP contribution in [0.1, 0.15) is 52.4 Å². The molecule has 0 radical (unpaired) electrons. The predicted molar refractivity (Wildman–Crippen MR) is 65.4 cm³/mol. The summed E-state index contributed by atoms with van der Waals surface area (Å²) in [7, 11) is 0. The lowest BCUT2D eigenvalue weighted by Crippen LogP contribution is -2.37. The van der Waals surface area contributed by atoms with E-state index in [1.807, 2.05) is 0 Å². The zero-order chi connectivity index (χ0) is 10.2. The molecule has 1 saturated carbocycles. The fraction of sp³-hybridized carbons (Fsp3) is 1.00. The Balaban J connectivity index is 0.00000112. The second-order valence-corrected chi connectivity index (χ2v) is 5.86. The van der Waals surface area contributed by atoms with Crippen LogP contribution in [0.4, 0.5) is 0 Å². The fourth-order valence-electron chi connectivity index (χ4n) is 2.81. The number of rotatable bonds is 1. The Bertz CT molecular complexity index is 208. The maximum Gasteiger partial charge on any atom is 0.0705 e. The Labute approximate surface area is 99.3 Å². The second-order valence-electron chi connectivity index (χ2n) is 5.86. The molecule has 1 atom stereocenters. The molecule has 2 aliphatic rings. The number of hydrogen-bond acceptors (Lipinski definition) is 2. The molecule has 0 aromatic heterocycles. The van der Waals surface area contributed by atoms with E-state index in [-0.39, 0.29) is 18.0 Å². The van der Waals surface area contributed by atoms with E-state index in [9.17, 15) is 0 Å². The highest BCUT2D eigenvalue weighted by atomic mass is 35.5. The van der Waals surface area contributed by atoms with Gasteiger partial charge in [-0.3, -0.25) is 0 Å². The molecule has 3 heteroatoms. The molecule has 1 spiro atoms. The van der Waals surface area contributed by atoms with E-state index in [1.165, 1.54) is 38.5 Å². The highest BCUT2D eigenvalue weighted by molar-refractivity contribution is 5.85. The summed E-state index contributed by atoms with van der Waals surface area (Å²) < 4.78 is 6.11. The third-order valence-electron chi connectivity index (χ3n) is 4.12. The van der Waals surface area contributed by atoms with Crippen molar-refractivity contribution < 1.29 is 4.74 Å². The molecule has 1 aliphatic heterocycles. The topological polar surface area (TPSA) is 35.2 Å². The summed E-state index contributed by atoms with van der Waals surface area (Å²) in [5.41, 5.74) is 6.41. The van der Waals surface area contributed by atoms with Gasteiger partial charge in [-0.25, -0.2) is 0 Å². The summed E-state index contributed by atoms with van der Waals surface area (Å²) in [6, 6.07) is 0. The summed E-state index contributed by atoms with van der Waals surface area (Å²) in [5, 5.41) is 0. The Morgan fingerprint density at radius 1 is 1.13 bits per heavy atom. The number of nitrogens with two attached hydrogens (primary N) is 1. The molecule has 1 unspecified atom stereocenters. The third kappa shape index (κ3) is 2.86. The van der Waals surface area contributed by atoms with Crippen LogP contribution in [0.15, 0.2) is 0 Å². The molecule has 0 aromatic carbocycles. The fourth-order valence-corrected chi connectivity index (χ4v) is 2.81. The Morgan fingerprint density at radius 2 is 1.73 bits per heavy atom. The van der Waals surface area contributed by atoms with Gasteiger partial charge in [0, 0.05) is 6.54 Å². The monoisotopic (exact) mass is 233 g/mol. The van der Waals surface area contributed by atoms with Crippen molar-refractivity contribution in [3.8, 4) is 0 Å². The van der Waals surface area contributed by atoms with Crippen molar-refractivity contribution in [2.75, 3.05) is 6.54 Å². The SMILES string of the molecule is CC1(C)CCC2(CCC(CN)O2)CC1.Cl. The quantitative estimate of drug-likeness (QED) is 0.756. The number of halogens is 1. The van der Waals surface area contributed by atoms with Gasteiger partial charge < -0.3 is 10.5 Å². The molecule has 90 valence electrons. The van der Waals surface area contributed by atoms with Gasteiger partial charge in [-0.15, -0.1) is 12.4 Å². The lowest BCUT2D eigenvalue weighted by atomic mass is 9.70. The van der Waals surface area contributed by atoms with Crippen LogP contribution in [0.2, 0.25) is 0 Å². The first-order valence-electron chi connectivity index (χ1n) is 5.93. The minimum Gasteiger partial charge on any atom is -0.370 e. The van der Waals surface area contributed by atoms with E-state index in [0.29, 0.717) is 18.1 Å². The van der Waals surface area contributed by atoms with Crippen molar-refractivity contribution in [2.45, 2.75) is 64.1 Å². The minimum absolute atomic E-state index is 0. The minimum atomic E-state index is 0. The van der Waals surface area contributed by atoms with Crippen LogP contribution >= 0.6 is 12.4 Å². The zero-order valence-electron chi connectivity index (χ0n) is 9.92. The lowest BCUT2D eigenvalue weighted by Gasteiger charge is -2.41. The largest absolute Gasteiger partial charge is 0.370 e. The van der Waals surface area contributed by atoms with Gasteiger partial charge in [0.25, 0.3) is 0 Å². The summed E-state index contributed by atoms with van der Waals surface area (Å²) in [6.07, 6.45) is 7.87. The third-order valence-corrected chi connectivity index (χ3v) is 4.12. The van der Waals surface area contributed by atoms with E-state index >= 15 is 0 Å². The van der Waals surface area contributed by atoms with Gasteiger partial charge in [0.2, 0.25) is 0 Å². The van der Waals surface area contributed by atoms with E-state index in [1.54, 1.807) is 0 Å². The first kappa shape index (κ1) is 13.3. The smallest absolute Gasteiger partial charge is 0.0705 e. The van der Waals surface area contributed by atoms with Crippen LogP contribution in [0.25, 0.3) is 0 Å². The van der Waals surface area contributed by atoms with Gasteiger partial charge in [0.1, 0.15) is 0 Å². The van der Waals surface area contributed by atoms with Crippen LogP contribution in [0.3, 0.4) is 0 Å². The van der Waals surface area contributed by atoms with Crippen molar-refractivity contribution in [1.82, 2.24) is 0 Å². The average Bonchev–Trinajstić information content (AvgIpc) is 2.56. The number of ether oxygens (including phenoxy) is 1. The van der Waals surface area contributed by atoms with Gasteiger partial charge in [-0.05, 0) is 43.9 Å². The first-order valence-corrected chi connectivity index (χ1v) is 5.93. The van der Waals surface area contributed by atoms with Crippen molar-refractivity contribution >= 4 is 12.4 Å². The van der Waals surface area contributed by atoms with Crippen LogP contribution in [0.5, 0.6) is 0 Å². The van der Waals surface area contributed by atoms with E-state index in [0.717, 1.165) is 0 Å². The molecule has 0 bridgehead atoms. The average molecular weight is 234 g/mol. The molecular weight excluding hydrogens is 210 g/mol. The van der Waals surface area contributed by atoms with Gasteiger partial charge in [-0.2, -0.15) is 0 Å². The van der Waals surface area contributed by atoms with Crippen molar-refractivity contribution in [3.05, 3.63) is 0 Å². The molecule has 1 heterocycles. The maximum absolute atomic E-state index is 6.11. The molecule has 2 rings (SSSR count). The van der Waals surface area contributed by atoms with E-state index in [2.05, 4.69) is 13.8 Å². The van der Waals surface area contributed by atoms with E-state index in [4.69, 9.17) is 10.5 Å². The maximum atomic E-state index is 6.11. The van der Waals surface area contributed by atoms with Gasteiger partial charge in [0.15, 0.2) is 0 Å². The molecular formula is C12H24ClNO. The van der Waals surface area contributed by atoms with Gasteiger partial charge in [-0.1, -0.05) is 13.8 Å². The standard InChI is InChI=1S/C12H23NO.ClH/c1-11(2)5-7-12(8-6-11)4-3-10(9-13)14-12;/h10H,3-9,13H2,1-2H3;1H. The van der Waals surface area contributed by atoms with Crippen molar-refractivity contribution in [1.29, 1.82) is 0 Å². The molecule has 1 aliphatic carbocycles. The summed E-state index contributed by atoms with van der Waals surface area (Å²) in [5.74, 6) is 0. The summed E-state index contributed by atoms with van der Waals surface area (Å²) in [4.78, 5) is 0. The Kier molecular flexibility index (Phi) is 4.07. The summed E-state index contributed by atoms with van der Waals surface area (Å²) >= 11 is 0. The number of hydrogen-bond donors (Lipinski definition) is 1. The van der Waals surface area contributed by atoms with Gasteiger partial charge >= 0.3 is 0 Å². The van der Waals surface area contributed by atoms with Crippen LogP contribution in [-0.2, 0) is 4.74 Å². The predicted octanol–water partition coefficient (Wildman–Crippen LogP) is 2.88. The van der Waals surface area contributed by atoms with E-state index < -0.39 is 0 Å². The van der Waals surface area contributed by atoms with Crippen molar-refractivity contribution in [3.63, 3.8) is 0 Å². The first-order chi connectivity index (χ1) is 6.55. The Hall–Kier alpha value is 0.210. The van der Waals surface area contributed by atoms with Crippen LogP contribution in [-0.4, -0.2) is 18.2 Å². The molecule has 0 aromatic rings. The second kappa shape index (κ2) is 4.60. The van der Waals surface area contributed by atoms with Crippen LogP contribution < -0.4 is 5.73 Å². The molecule has 2 nitrogen and oxygen atoms in total. The molecule has 0 amide bonds. The molecule has 2 fully saturated rings. The van der Waals surface area contributed by atoms with Crippen molar-refractivity contribution in [2.24, 2.45) is 11.1 Å².